The van der Waals surface area contributed by atoms with E-state index in [1.54, 1.807) is 11.8 Å². The van der Waals surface area contributed by atoms with E-state index in [0.717, 1.165) is 24.4 Å². The van der Waals surface area contributed by atoms with Crippen LogP contribution < -0.4 is 0 Å². The van der Waals surface area contributed by atoms with Gasteiger partial charge in [0.15, 0.2) is 4.87 Å². The average molecular weight is 351 g/mol. The maximum Gasteiger partial charge on any atom is 0.257 e. The smallest absolute Gasteiger partial charge is 0.257 e. The molecule has 0 aliphatic carbocycles. The van der Waals surface area contributed by atoms with Crippen molar-refractivity contribution in [3.63, 3.8) is 0 Å². The normalized spacial score (nSPS) is 23.0. The Kier molecular flexibility index (Phi) is 6.34. The van der Waals surface area contributed by atoms with Gasteiger partial charge in [0.1, 0.15) is 6.10 Å². The maximum atomic E-state index is 13.6. The van der Waals surface area contributed by atoms with Crippen molar-refractivity contribution in [2.45, 2.75) is 57.7 Å². The SMILES string of the molecule is CCN1CCSC1(C(=O)N(C(C)C)C(C)C)C(O)c1ccccc1. The second kappa shape index (κ2) is 7.89. The molecule has 1 aliphatic rings. The number of hydrogen-bond acceptors (Lipinski definition) is 4. The van der Waals surface area contributed by atoms with Crippen molar-refractivity contribution < 1.29 is 9.90 Å². The van der Waals surface area contributed by atoms with E-state index in [1.807, 2.05) is 62.9 Å². The van der Waals surface area contributed by atoms with Gasteiger partial charge in [0.25, 0.3) is 5.91 Å². The second-order valence-electron chi connectivity index (χ2n) is 6.84. The van der Waals surface area contributed by atoms with E-state index in [1.165, 1.54) is 0 Å². The van der Waals surface area contributed by atoms with Gasteiger partial charge in [-0.2, -0.15) is 0 Å². The fraction of sp³-hybridized carbons (Fsp3) is 0.632. The van der Waals surface area contributed by atoms with Gasteiger partial charge in [-0.15, -0.1) is 11.8 Å². The van der Waals surface area contributed by atoms with Crippen molar-refractivity contribution in [3.05, 3.63) is 35.9 Å². The Bertz CT molecular complexity index is 542. The van der Waals surface area contributed by atoms with E-state index >= 15 is 0 Å². The first-order valence-corrected chi connectivity index (χ1v) is 9.79. The number of rotatable bonds is 6. The van der Waals surface area contributed by atoms with Crippen LogP contribution in [0.15, 0.2) is 30.3 Å². The summed E-state index contributed by atoms with van der Waals surface area (Å²) in [7, 11) is 0. The fourth-order valence-corrected chi connectivity index (χ4v) is 5.19. The Morgan fingerprint density at radius 2 is 1.83 bits per heavy atom. The number of carbonyl (C=O) groups is 1. The van der Waals surface area contributed by atoms with Crippen LogP contribution in [0.25, 0.3) is 0 Å². The molecule has 1 saturated heterocycles. The fourth-order valence-electron chi connectivity index (χ4n) is 3.64. The minimum Gasteiger partial charge on any atom is -0.385 e. The molecule has 1 aromatic carbocycles. The van der Waals surface area contributed by atoms with Crippen LogP contribution >= 0.6 is 11.8 Å². The largest absolute Gasteiger partial charge is 0.385 e. The highest BCUT2D eigenvalue weighted by atomic mass is 32.2. The molecule has 2 rings (SSSR count). The number of amides is 1. The molecule has 0 radical (unpaired) electrons. The third kappa shape index (κ3) is 3.35. The van der Waals surface area contributed by atoms with Gasteiger partial charge in [0.05, 0.1) is 0 Å². The number of nitrogens with zero attached hydrogens (tertiary/aromatic N) is 2. The number of thioether (sulfide) groups is 1. The van der Waals surface area contributed by atoms with Crippen LogP contribution in [0.2, 0.25) is 0 Å². The number of benzene rings is 1. The van der Waals surface area contributed by atoms with Crippen LogP contribution in [0, 0.1) is 0 Å². The van der Waals surface area contributed by atoms with Gasteiger partial charge >= 0.3 is 0 Å². The molecule has 0 bridgehead atoms. The van der Waals surface area contributed by atoms with E-state index in [4.69, 9.17) is 0 Å². The summed E-state index contributed by atoms with van der Waals surface area (Å²) in [4.78, 5) is 16.7. The Labute approximate surface area is 150 Å². The molecule has 5 heteroatoms. The molecule has 1 amide bonds. The zero-order chi connectivity index (χ0) is 17.9. The van der Waals surface area contributed by atoms with E-state index in [2.05, 4.69) is 11.8 Å². The molecule has 0 spiro atoms. The molecule has 1 aliphatic heterocycles. The maximum absolute atomic E-state index is 13.6. The minimum atomic E-state index is -0.940. The summed E-state index contributed by atoms with van der Waals surface area (Å²) in [5.41, 5.74) is 0.797. The van der Waals surface area contributed by atoms with Crippen molar-refractivity contribution in [1.29, 1.82) is 0 Å². The van der Waals surface area contributed by atoms with Crippen LogP contribution in [0.4, 0.5) is 0 Å². The molecule has 2 atom stereocenters. The molecule has 1 N–H and O–H groups in total. The number of carbonyl (C=O) groups excluding carboxylic acids is 1. The van der Waals surface area contributed by atoms with Gasteiger partial charge in [-0.05, 0) is 39.8 Å². The monoisotopic (exact) mass is 350 g/mol. The van der Waals surface area contributed by atoms with Gasteiger partial charge < -0.3 is 10.0 Å². The zero-order valence-corrected chi connectivity index (χ0v) is 16.2. The Morgan fingerprint density at radius 1 is 1.25 bits per heavy atom. The Balaban J connectivity index is 2.50. The van der Waals surface area contributed by atoms with Crippen LogP contribution in [0.3, 0.4) is 0 Å². The van der Waals surface area contributed by atoms with E-state index < -0.39 is 11.0 Å². The number of likely N-dealkylation sites (N-methyl/N-ethyl adjacent to an activating group) is 1. The molecule has 4 nitrogen and oxygen atoms in total. The lowest BCUT2D eigenvalue weighted by Crippen LogP contribution is -2.60. The third-order valence-corrected chi connectivity index (χ3v) is 6.16. The first kappa shape index (κ1) is 19.3. The topological polar surface area (TPSA) is 43.8 Å². The molecular weight excluding hydrogens is 320 g/mol. The summed E-state index contributed by atoms with van der Waals surface area (Å²) >= 11 is 1.58. The van der Waals surface area contributed by atoms with Crippen LogP contribution in [-0.4, -0.2) is 56.6 Å². The van der Waals surface area contributed by atoms with E-state index in [0.29, 0.717) is 0 Å². The standard InChI is InChI=1S/C19H30N2O2S/c1-6-20-12-13-24-19(20,17(22)16-10-8-7-9-11-16)18(23)21(14(2)3)15(4)5/h7-11,14-15,17,22H,6,12-13H2,1-5H3. The summed E-state index contributed by atoms with van der Waals surface area (Å²) in [5, 5.41) is 11.2. The number of aliphatic hydroxyl groups is 1. The van der Waals surface area contributed by atoms with Gasteiger partial charge in [0, 0.05) is 24.4 Å². The number of hydrogen-bond donors (Lipinski definition) is 1. The quantitative estimate of drug-likeness (QED) is 0.856. The van der Waals surface area contributed by atoms with Crippen molar-refractivity contribution in [2.24, 2.45) is 0 Å². The predicted octanol–water partition coefficient (Wildman–Crippen LogP) is 3.13. The highest BCUT2D eigenvalue weighted by molar-refractivity contribution is 8.01. The minimum absolute atomic E-state index is 0.0215. The molecule has 0 aromatic heterocycles. The third-order valence-electron chi connectivity index (χ3n) is 4.67. The highest BCUT2D eigenvalue weighted by Crippen LogP contribution is 2.47. The summed E-state index contributed by atoms with van der Waals surface area (Å²) < 4.78 is 0. The molecule has 1 fully saturated rings. The average Bonchev–Trinajstić information content (AvgIpc) is 2.99. The summed E-state index contributed by atoms with van der Waals surface area (Å²) in [6, 6.07) is 9.75. The van der Waals surface area contributed by atoms with Gasteiger partial charge in [-0.25, -0.2) is 0 Å². The van der Waals surface area contributed by atoms with E-state index in [9.17, 15) is 9.90 Å². The lowest BCUT2D eigenvalue weighted by molar-refractivity contribution is -0.147. The lowest BCUT2D eigenvalue weighted by Gasteiger charge is -2.45. The predicted molar refractivity (Wildman–Crippen MR) is 101 cm³/mol. The summed E-state index contributed by atoms with van der Waals surface area (Å²) in [6.45, 7) is 11.8. The molecule has 1 heterocycles. The molecular formula is C19H30N2O2S. The van der Waals surface area contributed by atoms with Gasteiger partial charge in [0.2, 0.25) is 0 Å². The van der Waals surface area contributed by atoms with E-state index in [-0.39, 0.29) is 18.0 Å². The lowest BCUT2D eigenvalue weighted by atomic mass is 9.97. The van der Waals surface area contributed by atoms with Crippen LogP contribution in [0.5, 0.6) is 0 Å². The summed E-state index contributed by atoms with van der Waals surface area (Å²) in [5.74, 6) is 0.876. The first-order valence-electron chi connectivity index (χ1n) is 8.81. The van der Waals surface area contributed by atoms with Crippen LogP contribution in [0.1, 0.15) is 46.3 Å². The van der Waals surface area contributed by atoms with Crippen molar-refractivity contribution in [2.75, 3.05) is 18.8 Å². The number of aliphatic hydroxyl groups excluding tert-OH is 1. The van der Waals surface area contributed by atoms with Crippen molar-refractivity contribution in [3.8, 4) is 0 Å². The Hall–Kier alpha value is -1.04. The molecule has 24 heavy (non-hydrogen) atoms. The Morgan fingerprint density at radius 3 is 2.33 bits per heavy atom. The molecule has 2 unspecified atom stereocenters. The van der Waals surface area contributed by atoms with Gasteiger partial charge in [-0.3, -0.25) is 9.69 Å². The van der Waals surface area contributed by atoms with Crippen molar-refractivity contribution >= 4 is 17.7 Å². The zero-order valence-electron chi connectivity index (χ0n) is 15.4. The van der Waals surface area contributed by atoms with Gasteiger partial charge in [-0.1, -0.05) is 37.3 Å². The molecule has 1 aromatic rings. The first-order chi connectivity index (χ1) is 11.4. The van der Waals surface area contributed by atoms with Crippen LogP contribution in [-0.2, 0) is 4.79 Å². The van der Waals surface area contributed by atoms with Crippen molar-refractivity contribution in [1.82, 2.24) is 9.80 Å². The molecule has 0 saturated carbocycles. The highest BCUT2D eigenvalue weighted by Gasteiger charge is 2.55. The second-order valence-corrected chi connectivity index (χ2v) is 8.16. The summed E-state index contributed by atoms with van der Waals surface area (Å²) in [6.07, 6.45) is -0.848. The molecule has 134 valence electrons.